The maximum atomic E-state index is 10.9. The van der Waals surface area contributed by atoms with Crippen LogP contribution in [0, 0.1) is 0 Å². The van der Waals surface area contributed by atoms with Gasteiger partial charge in [0, 0.05) is 13.1 Å². The summed E-state index contributed by atoms with van der Waals surface area (Å²) in [4.78, 5) is 21.0. The summed E-state index contributed by atoms with van der Waals surface area (Å²) in [5, 5.41) is 8.91. The van der Waals surface area contributed by atoms with Crippen molar-refractivity contribution < 1.29 is 14.6 Å². The fraction of sp³-hybridized carbons (Fsp3) is 0.545. The SMILES string of the molecule is CCCN1Cc2nc(C(=O)O)nc(OC)c2C1. The predicted octanol–water partition coefficient (Wildman–Crippen LogP) is 0.909. The lowest BCUT2D eigenvalue weighted by Gasteiger charge is -2.11. The van der Waals surface area contributed by atoms with Crippen LogP contribution >= 0.6 is 0 Å². The molecule has 0 radical (unpaired) electrons. The highest BCUT2D eigenvalue weighted by atomic mass is 16.5. The van der Waals surface area contributed by atoms with Gasteiger partial charge in [0.2, 0.25) is 11.7 Å². The number of hydrogen-bond acceptors (Lipinski definition) is 5. The quantitative estimate of drug-likeness (QED) is 0.838. The van der Waals surface area contributed by atoms with Crippen molar-refractivity contribution in [2.24, 2.45) is 0 Å². The number of nitrogens with zero attached hydrogens (tertiary/aromatic N) is 3. The molecule has 0 amide bonds. The molecule has 0 bridgehead atoms. The molecule has 1 N–H and O–H groups in total. The Morgan fingerprint density at radius 2 is 2.24 bits per heavy atom. The summed E-state index contributed by atoms with van der Waals surface area (Å²) in [5.41, 5.74) is 1.67. The van der Waals surface area contributed by atoms with E-state index in [-0.39, 0.29) is 5.82 Å². The number of aromatic nitrogens is 2. The van der Waals surface area contributed by atoms with Crippen LogP contribution < -0.4 is 4.74 Å². The van der Waals surface area contributed by atoms with E-state index in [1.54, 1.807) is 0 Å². The molecule has 92 valence electrons. The van der Waals surface area contributed by atoms with E-state index in [2.05, 4.69) is 21.8 Å². The number of aromatic carboxylic acids is 1. The minimum atomic E-state index is -1.12. The van der Waals surface area contributed by atoms with Gasteiger partial charge in [-0.25, -0.2) is 9.78 Å². The zero-order chi connectivity index (χ0) is 12.4. The zero-order valence-electron chi connectivity index (χ0n) is 9.93. The largest absolute Gasteiger partial charge is 0.481 e. The van der Waals surface area contributed by atoms with Crippen LogP contribution in [0.4, 0.5) is 0 Å². The topological polar surface area (TPSA) is 75.6 Å². The van der Waals surface area contributed by atoms with Gasteiger partial charge in [0.05, 0.1) is 18.4 Å². The Balaban J connectivity index is 2.35. The molecule has 6 heteroatoms. The molecule has 17 heavy (non-hydrogen) atoms. The van der Waals surface area contributed by atoms with E-state index in [4.69, 9.17) is 9.84 Å². The van der Waals surface area contributed by atoms with Gasteiger partial charge in [0.15, 0.2) is 0 Å². The van der Waals surface area contributed by atoms with Gasteiger partial charge in [0.1, 0.15) is 0 Å². The summed E-state index contributed by atoms with van der Waals surface area (Å²) in [7, 11) is 1.50. The van der Waals surface area contributed by atoms with Crippen molar-refractivity contribution in [3.63, 3.8) is 0 Å². The lowest BCUT2D eigenvalue weighted by atomic mass is 10.2. The normalized spacial score (nSPS) is 14.7. The Hall–Kier alpha value is -1.69. The number of methoxy groups -OCH3 is 1. The van der Waals surface area contributed by atoms with Crippen molar-refractivity contribution >= 4 is 5.97 Å². The molecule has 0 unspecified atom stereocenters. The average Bonchev–Trinajstić information content (AvgIpc) is 2.70. The second-order valence-electron chi connectivity index (χ2n) is 4.00. The Morgan fingerprint density at radius 1 is 1.47 bits per heavy atom. The third kappa shape index (κ3) is 2.21. The molecule has 1 aliphatic rings. The predicted molar refractivity (Wildman–Crippen MR) is 59.9 cm³/mol. The molecule has 6 nitrogen and oxygen atoms in total. The first-order chi connectivity index (χ1) is 8.15. The van der Waals surface area contributed by atoms with Crippen LogP contribution in [0.2, 0.25) is 0 Å². The van der Waals surface area contributed by atoms with Crippen LogP contribution in [-0.4, -0.2) is 39.6 Å². The highest BCUT2D eigenvalue weighted by Gasteiger charge is 2.26. The van der Waals surface area contributed by atoms with Crippen LogP contribution in [0.1, 0.15) is 35.2 Å². The number of carboxylic acids is 1. The van der Waals surface area contributed by atoms with Crippen LogP contribution in [-0.2, 0) is 13.1 Å². The van der Waals surface area contributed by atoms with Crippen LogP contribution in [0.5, 0.6) is 5.88 Å². The number of carbonyl (C=O) groups is 1. The third-order valence-electron chi connectivity index (χ3n) is 2.73. The first kappa shape index (κ1) is 11.8. The monoisotopic (exact) mass is 237 g/mol. The molecule has 0 aromatic carbocycles. The summed E-state index contributed by atoms with van der Waals surface area (Å²) >= 11 is 0. The van der Waals surface area contributed by atoms with Gasteiger partial charge in [-0.05, 0) is 13.0 Å². The lowest BCUT2D eigenvalue weighted by Crippen LogP contribution is -2.16. The van der Waals surface area contributed by atoms with Gasteiger partial charge in [-0.2, -0.15) is 4.98 Å². The second kappa shape index (κ2) is 4.67. The second-order valence-corrected chi connectivity index (χ2v) is 4.00. The van der Waals surface area contributed by atoms with E-state index in [1.807, 2.05) is 0 Å². The molecule has 0 fully saturated rings. The smallest absolute Gasteiger partial charge is 0.374 e. The number of carboxylic acid groups (broad SMARTS) is 1. The minimum absolute atomic E-state index is 0.195. The molecule has 0 spiro atoms. The van der Waals surface area contributed by atoms with Gasteiger partial charge >= 0.3 is 5.97 Å². The van der Waals surface area contributed by atoms with E-state index in [0.717, 1.165) is 30.8 Å². The van der Waals surface area contributed by atoms with Gasteiger partial charge in [-0.3, -0.25) is 4.90 Å². The molecule has 2 rings (SSSR count). The molecule has 1 aliphatic heterocycles. The average molecular weight is 237 g/mol. The van der Waals surface area contributed by atoms with Gasteiger partial charge in [0.25, 0.3) is 0 Å². The van der Waals surface area contributed by atoms with Crippen LogP contribution in [0.3, 0.4) is 0 Å². The number of rotatable bonds is 4. The molecular formula is C11H15N3O3. The van der Waals surface area contributed by atoms with Crippen molar-refractivity contribution in [3.05, 3.63) is 17.1 Å². The number of fused-ring (bicyclic) bond motifs is 1. The first-order valence-electron chi connectivity index (χ1n) is 5.55. The Bertz CT molecular complexity index is 448. The maximum Gasteiger partial charge on any atom is 0.374 e. The molecule has 2 heterocycles. The molecule has 0 saturated heterocycles. The summed E-state index contributed by atoms with van der Waals surface area (Å²) < 4.78 is 5.13. The van der Waals surface area contributed by atoms with Gasteiger partial charge in [-0.15, -0.1) is 0 Å². The van der Waals surface area contributed by atoms with Crippen molar-refractivity contribution in [1.82, 2.24) is 14.9 Å². The van der Waals surface area contributed by atoms with E-state index >= 15 is 0 Å². The standard InChI is InChI=1S/C11H15N3O3/c1-3-4-14-5-7-8(6-14)12-9(11(15)16)13-10(7)17-2/h3-6H2,1-2H3,(H,15,16). The van der Waals surface area contributed by atoms with Crippen molar-refractivity contribution in [2.45, 2.75) is 26.4 Å². The van der Waals surface area contributed by atoms with Crippen molar-refractivity contribution in [3.8, 4) is 5.88 Å². The molecule has 0 aliphatic carbocycles. The van der Waals surface area contributed by atoms with Gasteiger partial charge < -0.3 is 9.84 Å². The van der Waals surface area contributed by atoms with Crippen LogP contribution in [0.15, 0.2) is 0 Å². The highest BCUT2D eigenvalue weighted by Crippen LogP contribution is 2.28. The Morgan fingerprint density at radius 3 is 2.82 bits per heavy atom. The fourth-order valence-corrected chi connectivity index (χ4v) is 2.03. The van der Waals surface area contributed by atoms with Crippen molar-refractivity contribution in [2.75, 3.05) is 13.7 Å². The Labute approximate surface area is 99.2 Å². The molecule has 0 atom stereocenters. The number of hydrogen-bond donors (Lipinski definition) is 1. The first-order valence-corrected chi connectivity index (χ1v) is 5.55. The van der Waals surface area contributed by atoms with Gasteiger partial charge in [-0.1, -0.05) is 6.92 Å². The summed E-state index contributed by atoms with van der Waals surface area (Å²) in [5.74, 6) is -0.940. The van der Waals surface area contributed by atoms with Crippen LogP contribution in [0.25, 0.3) is 0 Å². The summed E-state index contributed by atoms with van der Waals surface area (Å²) in [6.07, 6.45) is 1.05. The summed E-state index contributed by atoms with van der Waals surface area (Å²) in [6.45, 7) is 4.46. The lowest BCUT2D eigenvalue weighted by molar-refractivity contribution is 0.0682. The summed E-state index contributed by atoms with van der Waals surface area (Å²) in [6, 6.07) is 0. The molecule has 1 aromatic heterocycles. The molecule has 1 aromatic rings. The van der Waals surface area contributed by atoms with Crippen molar-refractivity contribution in [1.29, 1.82) is 0 Å². The van der Waals surface area contributed by atoms with E-state index in [1.165, 1.54) is 7.11 Å². The molecule has 0 saturated carbocycles. The molecular weight excluding hydrogens is 222 g/mol. The van der Waals surface area contributed by atoms with E-state index in [0.29, 0.717) is 12.4 Å². The maximum absolute atomic E-state index is 10.9. The fourth-order valence-electron chi connectivity index (χ4n) is 2.03. The number of ether oxygens (including phenoxy) is 1. The van der Waals surface area contributed by atoms with E-state index in [9.17, 15) is 4.79 Å². The Kier molecular flexibility index (Phi) is 3.23. The zero-order valence-corrected chi connectivity index (χ0v) is 9.93. The highest BCUT2D eigenvalue weighted by molar-refractivity contribution is 5.83. The minimum Gasteiger partial charge on any atom is -0.481 e. The van der Waals surface area contributed by atoms with E-state index < -0.39 is 5.97 Å². The third-order valence-corrected chi connectivity index (χ3v) is 2.73.